The van der Waals surface area contributed by atoms with Gasteiger partial charge in [0.15, 0.2) is 0 Å². The SMILES string of the molecule is Cc1c(F)cc(F)cc1CN1CCNCC1. The predicted octanol–water partition coefficient (Wildman–Crippen LogP) is 1.68. The van der Waals surface area contributed by atoms with E-state index in [2.05, 4.69) is 10.2 Å². The fourth-order valence-electron chi connectivity index (χ4n) is 1.97. The van der Waals surface area contributed by atoms with Crippen LogP contribution in [0.2, 0.25) is 0 Å². The summed E-state index contributed by atoms with van der Waals surface area (Å²) in [5.74, 6) is -0.946. The second-order valence-corrected chi connectivity index (χ2v) is 4.20. The summed E-state index contributed by atoms with van der Waals surface area (Å²) in [6.07, 6.45) is 0. The van der Waals surface area contributed by atoms with Crippen molar-refractivity contribution in [3.8, 4) is 0 Å². The van der Waals surface area contributed by atoms with Crippen molar-refractivity contribution in [3.63, 3.8) is 0 Å². The second-order valence-electron chi connectivity index (χ2n) is 4.20. The Morgan fingerprint density at radius 3 is 2.62 bits per heavy atom. The van der Waals surface area contributed by atoms with Crippen molar-refractivity contribution >= 4 is 0 Å². The molecule has 0 aromatic heterocycles. The lowest BCUT2D eigenvalue weighted by atomic mass is 10.1. The van der Waals surface area contributed by atoms with Gasteiger partial charge in [-0.2, -0.15) is 0 Å². The van der Waals surface area contributed by atoms with Crippen molar-refractivity contribution in [1.82, 2.24) is 10.2 Å². The highest BCUT2D eigenvalue weighted by Crippen LogP contribution is 2.17. The maximum absolute atomic E-state index is 13.3. The average molecular weight is 226 g/mol. The van der Waals surface area contributed by atoms with Crippen molar-refractivity contribution in [2.24, 2.45) is 0 Å². The average Bonchev–Trinajstić information content (AvgIpc) is 2.27. The maximum atomic E-state index is 13.3. The van der Waals surface area contributed by atoms with Crippen LogP contribution in [0.3, 0.4) is 0 Å². The quantitative estimate of drug-likeness (QED) is 0.825. The smallest absolute Gasteiger partial charge is 0.129 e. The molecule has 0 aliphatic carbocycles. The van der Waals surface area contributed by atoms with E-state index < -0.39 is 11.6 Å². The van der Waals surface area contributed by atoms with Crippen LogP contribution in [0.5, 0.6) is 0 Å². The Morgan fingerprint density at radius 1 is 1.25 bits per heavy atom. The zero-order valence-corrected chi connectivity index (χ0v) is 9.39. The van der Waals surface area contributed by atoms with Gasteiger partial charge in [0.2, 0.25) is 0 Å². The third-order valence-electron chi connectivity index (χ3n) is 3.02. The number of halogens is 2. The monoisotopic (exact) mass is 226 g/mol. The van der Waals surface area contributed by atoms with Crippen molar-refractivity contribution < 1.29 is 8.78 Å². The molecule has 1 aromatic rings. The normalized spacial score (nSPS) is 17.7. The summed E-state index contributed by atoms with van der Waals surface area (Å²) in [5, 5.41) is 3.25. The van der Waals surface area contributed by atoms with Crippen molar-refractivity contribution in [3.05, 3.63) is 34.9 Å². The highest BCUT2D eigenvalue weighted by Gasteiger charge is 2.13. The summed E-state index contributed by atoms with van der Waals surface area (Å²) in [6.45, 7) is 6.07. The third kappa shape index (κ3) is 2.57. The molecule has 1 aliphatic heterocycles. The Balaban J connectivity index is 2.13. The molecular weight excluding hydrogens is 210 g/mol. The number of nitrogens with one attached hydrogen (secondary N) is 1. The van der Waals surface area contributed by atoms with Crippen LogP contribution in [0, 0.1) is 18.6 Å². The highest BCUT2D eigenvalue weighted by atomic mass is 19.1. The Kier molecular flexibility index (Phi) is 3.51. The molecule has 2 nitrogen and oxygen atoms in total. The Hall–Kier alpha value is -1.00. The van der Waals surface area contributed by atoms with E-state index in [0.29, 0.717) is 12.1 Å². The first-order valence-corrected chi connectivity index (χ1v) is 5.54. The third-order valence-corrected chi connectivity index (χ3v) is 3.02. The number of piperazine rings is 1. The van der Waals surface area contributed by atoms with Gasteiger partial charge in [0, 0.05) is 38.8 Å². The summed E-state index contributed by atoms with van der Waals surface area (Å²) in [5.41, 5.74) is 1.30. The maximum Gasteiger partial charge on any atom is 0.129 e. The van der Waals surface area contributed by atoms with Gasteiger partial charge in [-0.15, -0.1) is 0 Å². The molecular formula is C12H16F2N2. The van der Waals surface area contributed by atoms with Gasteiger partial charge in [0.05, 0.1) is 0 Å². The van der Waals surface area contributed by atoms with Crippen molar-refractivity contribution in [2.75, 3.05) is 26.2 Å². The first kappa shape index (κ1) is 11.5. The van der Waals surface area contributed by atoms with Gasteiger partial charge in [-0.05, 0) is 24.1 Å². The van der Waals surface area contributed by atoms with E-state index in [4.69, 9.17) is 0 Å². The van der Waals surface area contributed by atoms with E-state index in [1.165, 1.54) is 6.07 Å². The van der Waals surface area contributed by atoms with E-state index in [9.17, 15) is 8.78 Å². The van der Waals surface area contributed by atoms with Crippen LogP contribution < -0.4 is 5.32 Å². The van der Waals surface area contributed by atoms with Gasteiger partial charge < -0.3 is 5.32 Å². The van der Waals surface area contributed by atoms with Gasteiger partial charge in [0.1, 0.15) is 11.6 Å². The number of nitrogens with zero attached hydrogens (tertiary/aromatic N) is 1. The van der Waals surface area contributed by atoms with Crippen LogP contribution >= 0.6 is 0 Å². The first-order valence-electron chi connectivity index (χ1n) is 5.54. The molecule has 88 valence electrons. The van der Waals surface area contributed by atoms with Gasteiger partial charge in [-0.3, -0.25) is 4.90 Å². The Morgan fingerprint density at radius 2 is 1.94 bits per heavy atom. The van der Waals surface area contributed by atoms with Crippen LogP contribution in [-0.4, -0.2) is 31.1 Å². The Labute approximate surface area is 94.3 Å². The zero-order valence-electron chi connectivity index (χ0n) is 9.39. The van der Waals surface area contributed by atoms with Crippen LogP contribution in [-0.2, 0) is 6.54 Å². The first-order chi connectivity index (χ1) is 7.66. The van der Waals surface area contributed by atoms with Crippen molar-refractivity contribution in [2.45, 2.75) is 13.5 Å². The standard InChI is InChI=1S/C12H16F2N2/c1-9-10(6-11(13)7-12(9)14)8-16-4-2-15-3-5-16/h6-7,15H,2-5,8H2,1H3. The van der Waals surface area contributed by atoms with Crippen LogP contribution in [0.4, 0.5) is 8.78 Å². The van der Waals surface area contributed by atoms with Crippen LogP contribution in [0.25, 0.3) is 0 Å². The molecule has 1 N–H and O–H groups in total. The molecule has 1 aromatic carbocycles. The number of rotatable bonds is 2. The molecule has 0 radical (unpaired) electrons. The van der Waals surface area contributed by atoms with Crippen LogP contribution in [0.15, 0.2) is 12.1 Å². The molecule has 2 rings (SSSR count). The minimum absolute atomic E-state index is 0.454. The topological polar surface area (TPSA) is 15.3 Å². The molecule has 1 saturated heterocycles. The van der Waals surface area contributed by atoms with Crippen LogP contribution in [0.1, 0.15) is 11.1 Å². The van der Waals surface area contributed by atoms with E-state index >= 15 is 0 Å². The number of hydrogen-bond donors (Lipinski definition) is 1. The molecule has 1 aliphatic rings. The van der Waals surface area contributed by atoms with E-state index in [-0.39, 0.29) is 0 Å². The largest absolute Gasteiger partial charge is 0.314 e. The van der Waals surface area contributed by atoms with Gasteiger partial charge >= 0.3 is 0 Å². The number of benzene rings is 1. The second kappa shape index (κ2) is 4.89. The molecule has 0 bridgehead atoms. The molecule has 4 heteroatoms. The molecule has 0 spiro atoms. The minimum atomic E-state index is -0.492. The van der Waals surface area contributed by atoms with Crippen molar-refractivity contribution in [1.29, 1.82) is 0 Å². The Bertz CT molecular complexity index is 374. The summed E-state index contributed by atoms with van der Waals surface area (Å²) in [4.78, 5) is 2.21. The van der Waals surface area contributed by atoms with E-state index in [1.807, 2.05) is 0 Å². The summed E-state index contributed by atoms with van der Waals surface area (Å²) in [7, 11) is 0. The van der Waals surface area contributed by atoms with Gasteiger partial charge in [0.25, 0.3) is 0 Å². The van der Waals surface area contributed by atoms with Gasteiger partial charge in [-0.25, -0.2) is 8.78 Å². The van der Waals surface area contributed by atoms with E-state index in [1.54, 1.807) is 6.92 Å². The lowest BCUT2D eigenvalue weighted by Crippen LogP contribution is -2.43. The predicted molar refractivity (Wildman–Crippen MR) is 59.2 cm³/mol. The minimum Gasteiger partial charge on any atom is -0.314 e. The van der Waals surface area contributed by atoms with E-state index in [0.717, 1.165) is 37.8 Å². The van der Waals surface area contributed by atoms with Gasteiger partial charge in [-0.1, -0.05) is 0 Å². The molecule has 1 heterocycles. The molecule has 0 saturated carbocycles. The number of hydrogen-bond acceptors (Lipinski definition) is 2. The molecule has 0 amide bonds. The summed E-state index contributed by atoms with van der Waals surface area (Å²) >= 11 is 0. The fourth-order valence-corrected chi connectivity index (χ4v) is 1.97. The fraction of sp³-hybridized carbons (Fsp3) is 0.500. The lowest BCUT2D eigenvalue weighted by molar-refractivity contribution is 0.232. The molecule has 16 heavy (non-hydrogen) atoms. The molecule has 0 atom stereocenters. The summed E-state index contributed by atoms with van der Waals surface area (Å²) in [6, 6.07) is 2.37. The summed E-state index contributed by atoms with van der Waals surface area (Å²) < 4.78 is 26.4. The lowest BCUT2D eigenvalue weighted by Gasteiger charge is -2.27. The zero-order chi connectivity index (χ0) is 11.5. The molecule has 1 fully saturated rings. The molecule has 0 unspecified atom stereocenters. The highest BCUT2D eigenvalue weighted by molar-refractivity contribution is 5.28.